The molecule has 0 saturated heterocycles. The highest BCUT2D eigenvalue weighted by atomic mass is 16.1. The molecular formula is C10H14N6O. The maximum Gasteiger partial charge on any atom is 0.261 e. The molecule has 0 aliphatic rings. The zero-order chi connectivity index (χ0) is 12.4. The minimum absolute atomic E-state index is 0.254. The van der Waals surface area contributed by atoms with Crippen molar-refractivity contribution < 1.29 is 4.79 Å². The summed E-state index contributed by atoms with van der Waals surface area (Å²) in [6.45, 7) is 1.98. The number of carbonyl (C=O) groups is 1. The number of nitrogens with two attached hydrogens (primary N) is 1. The molecule has 2 heterocycles. The summed E-state index contributed by atoms with van der Waals surface area (Å²) in [5.74, 6) is -0.0385. The van der Waals surface area contributed by atoms with Crippen LogP contribution in [0.1, 0.15) is 23.0 Å². The van der Waals surface area contributed by atoms with Gasteiger partial charge in [-0.25, -0.2) is 0 Å². The van der Waals surface area contributed by atoms with Crippen LogP contribution in [0.2, 0.25) is 0 Å². The first-order valence-corrected chi connectivity index (χ1v) is 5.24. The van der Waals surface area contributed by atoms with Crippen molar-refractivity contribution in [1.29, 1.82) is 0 Å². The van der Waals surface area contributed by atoms with Crippen molar-refractivity contribution >= 4 is 17.4 Å². The SMILES string of the molecule is CCc1nn(C)cc1NC(=O)c1cn[nH]c1N. The number of carbonyl (C=O) groups excluding carboxylic acids is 1. The van der Waals surface area contributed by atoms with Gasteiger partial charge in [0, 0.05) is 13.2 Å². The Bertz CT molecular complexity index is 541. The molecule has 2 aromatic rings. The van der Waals surface area contributed by atoms with Gasteiger partial charge in [0.15, 0.2) is 0 Å². The standard InChI is InChI=1S/C10H14N6O/c1-3-7-8(5-16(2)15-7)13-10(17)6-4-12-14-9(6)11/h4-5H,3H2,1-2H3,(H,13,17)(H3,11,12,14). The molecule has 90 valence electrons. The number of H-pyrrole nitrogens is 1. The molecule has 7 heteroatoms. The highest BCUT2D eigenvalue weighted by molar-refractivity contribution is 6.07. The van der Waals surface area contributed by atoms with E-state index >= 15 is 0 Å². The van der Waals surface area contributed by atoms with Crippen LogP contribution in [0, 0.1) is 0 Å². The third-order valence-electron chi connectivity index (χ3n) is 2.40. The lowest BCUT2D eigenvalue weighted by molar-refractivity contribution is 0.102. The summed E-state index contributed by atoms with van der Waals surface area (Å²) in [5, 5.41) is 13.2. The summed E-state index contributed by atoms with van der Waals surface area (Å²) in [7, 11) is 1.81. The Kier molecular flexibility index (Phi) is 2.82. The Morgan fingerprint density at radius 3 is 3.00 bits per heavy atom. The van der Waals surface area contributed by atoms with Gasteiger partial charge < -0.3 is 11.1 Å². The fourth-order valence-electron chi connectivity index (χ4n) is 1.57. The first-order chi connectivity index (χ1) is 8.11. The third kappa shape index (κ3) is 2.12. The molecule has 0 radical (unpaired) electrons. The van der Waals surface area contributed by atoms with Crippen molar-refractivity contribution in [3.8, 4) is 0 Å². The first kappa shape index (κ1) is 11.2. The molecule has 2 aromatic heterocycles. The van der Waals surface area contributed by atoms with Crippen molar-refractivity contribution in [2.24, 2.45) is 7.05 Å². The first-order valence-electron chi connectivity index (χ1n) is 5.24. The maximum atomic E-state index is 11.9. The van der Waals surface area contributed by atoms with Gasteiger partial charge in [0.25, 0.3) is 5.91 Å². The van der Waals surface area contributed by atoms with E-state index in [4.69, 9.17) is 5.73 Å². The highest BCUT2D eigenvalue weighted by Gasteiger charge is 2.14. The van der Waals surface area contributed by atoms with Gasteiger partial charge in [-0.1, -0.05) is 6.92 Å². The summed E-state index contributed by atoms with van der Waals surface area (Å²) < 4.78 is 1.66. The zero-order valence-electron chi connectivity index (χ0n) is 9.69. The minimum atomic E-state index is -0.293. The van der Waals surface area contributed by atoms with Gasteiger partial charge in [-0.3, -0.25) is 14.6 Å². The van der Waals surface area contributed by atoms with E-state index in [2.05, 4.69) is 20.6 Å². The molecule has 17 heavy (non-hydrogen) atoms. The summed E-state index contributed by atoms with van der Waals surface area (Å²) >= 11 is 0. The number of hydrogen-bond acceptors (Lipinski definition) is 4. The number of amides is 1. The summed E-state index contributed by atoms with van der Waals surface area (Å²) in [4.78, 5) is 11.9. The molecule has 0 unspecified atom stereocenters. The number of rotatable bonds is 3. The van der Waals surface area contributed by atoms with Crippen LogP contribution >= 0.6 is 0 Å². The highest BCUT2D eigenvalue weighted by Crippen LogP contribution is 2.16. The van der Waals surface area contributed by atoms with Crippen molar-refractivity contribution in [2.45, 2.75) is 13.3 Å². The number of aromatic amines is 1. The summed E-state index contributed by atoms with van der Waals surface area (Å²) in [5.41, 5.74) is 7.43. The average Bonchev–Trinajstić information content (AvgIpc) is 2.84. The van der Waals surface area contributed by atoms with Crippen molar-refractivity contribution in [3.63, 3.8) is 0 Å². The molecule has 0 aliphatic carbocycles. The number of aromatic nitrogens is 4. The summed E-state index contributed by atoms with van der Waals surface area (Å²) in [6.07, 6.45) is 3.90. The minimum Gasteiger partial charge on any atom is -0.383 e. The Balaban J connectivity index is 2.21. The largest absolute Gasteiger partial charge is 0.383 e. The topological polar surface area (TPSA) is 102 Å². The number of nitrogens with zero attached hydrogens (tertiary/aromatic N) is 3. The molecule has 0 bridgehead atoms. The Morgan fingerprint density at radius 1 is 1.65 bits per heavy atom. The van der Waals surface area contributed by atoms with Crippen molar-refractivity contribution in [1.82, 2.24) is 20.0 Å². The molecule has 7 nitrogen and oxygen atoms in total. The predicted octanol–water partition coefficient (Wildman–Crippen LogP) is 0.540. The number of nitrogen functional groups attached to an aromatic ring is 1. The molecule has 1 amide bonds. The maximum absolute atomic E-state index is 11.9. The van der Waals surface area contributed by atoms with Gasteiger partial charge in [-0.05, 0) is 6.42 Å². The lowest BCUT2D eigenvalue weighted by Crippen LogP contribution is -2.13. The second-order valence-electron chi connectivity index (χ2n) is 3.67. The van der Waals surface area contributed by atoms with E-state index in [0.29, 0.717) is 11.3 Å². The normalized spacial score (nSPS) is 10.5. The van der Waals surface area contributed by atoms with Crippen molar-refractivity contribution in [3.05, 3.63) is 23.7 Å². The van der Waals surface area contributed by atoms with E-state index in [1.54, 1.807) is 17.9 Å². The average molecular weight is 234 g/mol. The molecule has 0 fully saturated rings. The van der Waals surface area contributed by atoms with Gasteiger partial charge >= 0.3 is 0 Å². The Labute approximate surface area is 98.0 Å². The molecular weight excluding hydrogens is 220 g/mol. The lowest BCUT2D eigenvalue weighted by Gasteiger charge is -2.02. The van der Waals surface area contributed by atoms with E-state index in [1.807, 2.05) is 6.92 Å². The number of nitrogens with one attached hydrogen (secondary N) is 2. The fraction of sp³-hybridized carbons (Fsp3) is 0.300. The van der Waals surface area contributed by atoms with Crippen molar-refractivity contribution in [2.75, 3.05) is 11.1 Å². The van der Waals surface area contributed by atoms with E-state index in [9.17, 15) is 4.79 Å². The Morgan fingerprint density at radius 2 is 2.41 bits per heavy atom. The molecule has 0 spiro atoms. The van der Waals surface area contributed by atoms with E-state index in [0.717, 1.165) is 12.1 Å². The van der Waals surface area contributed by atoms with E-state index < -0.39 is 0 Å². The number of hydrogen-bond donors (Lipinski definition) is 3. The quantitative estimate of drug-likeness (QED) is 0.721. The van der Waals surface area contributed by atoms with Crippen LogP contribution in [0.25, 0.3) is 0 Å². The lowest BCUT2D eigenvalue weighted by atomic mass is 10.2. The molecule has 0 saturated carbocycles. The molecule has 4 N–H and O–H groups in total. The van der Waals surface area contributed by atoms with Crippen LogP contribution in [0.3, 0.4) is 0 Å². The van der Waals surface area contributed by atoms with Crippen LogP contribution in [0.15, 0.2) is 12.4 Å². The van der Waals surface area contributed by atoms with Gasteiger partial charge in [0.05, 0.1) is 17.6 Å². The molecule has 0 aromatic carbocycles. The van der Waals surface area contributed by atoms with E-state index in [-0.39, 0.29) is 11.7 Å². The van der Waals surface area contributed by atoms with Gasteiger partial charge in [-0.15, -0.1) is 0 Å². The molecule has 0 aliphatic heterocycles. The smallest absolute Gasteiger partial charge is 0.261 e. The van der Waals surface area contributed by atoms with Crippen LogP contribution in [0.4, 0.5) is 11.5 Å². The van der Waals surface area contributed by atoms with Gasteiger partial charge in [0.2, 0.25) is 0 Å². The number of anilines is 2. The fourth-order valence-corrected chi connectivity index (χ4v) is 1.57. The summed E-state index contributed by atoms with van der Waals surface area (Å²) in [6, 6.07) is 0. The number of aryl methyl sites for hydroxylation is 2. The monoisotopic (exact) mass is 234 g/mol. The van der Waals surface area contributed by atoms with Gasteiger partial charge in [-0.2, -0.15) is 10.2 Å². The third-order valence-corrected chi connectivity index (χ3v) is 2.40. The predicted molar refractivity (Wildman–Crippen MR) is 63.5 cm³/mol. The van der Waals surface area contributed by atoms with Crippen LogP contribution in [-0.2, 0) is 13.5 Å². The zero-order valence-corrected chi connectivity index (χ0v) is 9.69. The Hall–Kier alpha value is -2.31. The second-order valence-corrected chi connectivity index (χ2v) is 3.67. The van der Waals surface area contributed by atoms with E-state index in [1.165, 1.54) is 6.20 Å². The van der Waals surface area contributed by atoms with Gasteiger partial charge in [0.1, 0.15) is 11.4 Å². The van der Waals surface area contributed by atoms with Crippen LogP contribution in [0.5, 0.6) is 0 Å². The molecule has 2 rings (SSSR count). The van der Waals surface area contributed by atoms with Crippen LogP contribution in [-0.4, -0.2) is 25.9 Å². The molecule has 0 atom stereocenters. The second kappa shape index (κ2) is 4.28. The van der Waals surface area contributed by atoms with Crippen LogP contribution < -0.4 is 11.1 Å².